The van der Waals surface area contributed by atoms with Gasteiger partial charge in [-0.15, -0.1) is 11.3 Å². The van der Waals surface area contributed by atoms with Gasteiger partial charge in [-0.1, -0.05) is 37.3 Å². The number of thiophene rings is 1. The fourth-order valence-corrected chi connectivity index (χ4v) is 4.13. The predicted octanol–water partition coefficient (Wildman–Crippen LogP) is 3.81. The lowest BCUT2D eigenvalue weighted by molar-refractivity contribution is 0.271. The summed E-state index contributed by atoms with van der Waals surface area (Å²) in [5.74, 6) is 1.93. The van der Waals surface area contributed by atoms with E-state index in [1.807, 2.05) is 18.2 Å². The molecule has 1 fully saturated rings. The highest BCUT2D eigenvalue weighted by atomic mass is 32.1. The maximum atomic E-state index is 4.96. The van der Waals surface area contributed by atoms with Crippen LogP contribution in [-0.4, -0.2) is 47.6 Å². The zero-order valence-electron chi connectivity index (χ0n) is 14.2. The van der Waals surface area contributed by atoms with Gasteiger partial charge in [0.2, 0.25) is 0 Å². The first-order valence-electron chi connectivity index (χ1n) is 8.55. The van der Waals surface area contributed by atoms with Crippen LogP contribution < -0.4 is 4.90 Å². The number of fused-ring (bicyclic) bond motifs is 1. The summed E-state index contributed by atoms with van der Waals surface area (Å²) in [5, 5.41) is 1.20. The van der Waals surface area contributed by atoms with Crippen LogP contribution >= 0.6 is 11.3 Å². The molecule has 0 unspecified atom stereocenters. The highest BCUT2D eigenvalue weighted by molar-refractivity contribution is 7.18. The zero-order chi connectivity index (χ0) is 16.5. The third-order valence-corrected chi connectivity index (χ3v) is 5.59. The Bertz CT molecular complexity index is 835. The number of anilines is 1. The third-order valence-electron chi connectivity index (χ3n) is 4.65. The lowest BCUT2D eigenvalue weighted by Gasteiger charge is -2.35. The largest absolute Gasteiger partial charge is 0.353 e. The van der Waals surface area contributed by atoms with Gasteiger partial charge in [0.15, 0.2) is 5.82 Å². The van der Waals surface area contributed by atoms with Crippen LogP contribution in [-0.2, 0) is 0 Å². The predicted molar refractivity (Wildman–Crippen MR) is 102 cm³/mol. The van der Waals surface area contributed by atoms with Crippen LogP contribution in [0.15, 0.2) is 36.4 Å². The van der Waals surface area contributed by atoms with Gasteiger partial charge in [-0.25, -0.2) is 9.97 Å². The van der Waals surface area contributed by atoms with Crippen LogP contribution in [0, 0.1) is 6.92 Å². The standard InChI is InChI=1S/C19H22N4S/c1-3-22-9-11-23(12-10-22)18-16-13-14(2)24-19(16)21-17(20-18)15-7-5-4-6-8-15/h4-8,13H,3,9-12H2,1-2H3. The molecule has 0 saturated carbocycles. The molecule has 0 atom stereocenters. The first kappa shape index (κ1) is 15.5. The summed E-state index contributed by atoms with van der Waals surface area (Å²) in [7, 11) is 0. The monoisotopic (exact) mass is 338 g/mol. The molecular formula is C19H22N4S. The summed E-state index contributed by atoms with van der Waals surface area (Å²) < 4.78 is 0. The molecule has 1 aliphatic heterocycles. The number of nitrogens with zero attached hydrogens (tertiary/aromatic N) is 4. The molecule has 4 rings (SSSR count). The Morgan fingerprint density at radius 1 is 1.04 bits per heavy atom. The van der Waals surface area contributed by atoms with Crippen LogP contribution in [0.2, 0.25) is 0 Å². The lowest BCUT2D eigenvalue weighted by atomic mass is 10.2. The van der Waals surface area contributed by atoms with Crippen molar-refractivity contribution in [3.05, 3.63) is 41.3 Å². The average Bonchev–Trinajstić information content (AvgIpc) is 3.02. The summed E-state index contributed by atoms with van der Waals surface area (Å²) >= 11 is 1.76. The third kappa shape index (κ3) is 2.89. The van der Waals surface area contributed by atoms with Crippen molar-refractivity contribution in [1.82, 2.24) is 14.9 Å². The molecule has 0 aliphatic carbocycles. The Balaban J connectivity index is 1.78. The molecule has 0 radical (unpaired) electrons. The zero-order valence-corrected chi connectivity index (χ0v) is 15.0. The summed E-state index contributed by atoms with van der Waals surface area (Å²) in [5.41, 5.74) is 1.08. The molecule has 4 nitrogen and oxygen atoms in total. The Labute approximate surface area is 146 Å². The minimum absolute atomic E-state index is 0.831. The number of hydrogen-bond acceptors (Lipinski definition) is 5. The Morgan fingerprint density at radius 2 is 1.79 bits per heavy atom. The van der Waals surface area contributed by atoms with Gasteiger partial charge >= 0.3 is 0 Å². The second-order valence-electron chi connectivity index (χ2n) is 6.23. The van der Waals surface area contributed by atoms with E-state index in [0.717, 1.165) is 54.8 Å². The topological polar surface area (TPSA) is 32.3 Å². The van der Waals surface area contributed by atoms with Crippen molar-refractivity contribution in [1.29, 1.82) is 0 Å². The molecule has 3 heterocycles. The smallest absolute Gasteiger partial charge is 0.163 e. The molecule has 1 aromatic carbocycles. The Hall–Kier alpha value is -1.98. The summed E-state index contributed by atoms with van der Waals surface area (Å²) in [6.07, 6.45) is 0. The molecular weight excluding hydrogens is 316 g/mol. The normalized spacial score (nSPS) is 16.0. The molecule has 0 bridgehead atoms. The molecule has 124 valence electrons. The van der Waals surface area contributed by atoms with E-state index in [2.05, 4.69) is 41.8 Å². The Morgan fingerprint density at radius 3 is 2.50 bits per heavy atom. The Kier molecular flexibility index (Phi) is 4.21. The maximum Gasteiger partial charge on any atom is 0.163 e. The van der Waals surface area contributed by atoms with E-state index in [1.54, 1.807) is 11.3 Å². The number of aromatic nitrogens is 2. The van der Waals surface area contributed by atoms with Crippen LogP contribution in [0.1, 0.15) is 11.8 Å². The van der Waals surface area contributed by atoms with Crippen LogP contribution in [0.5, 0.6) is 0 Å². The second-order valence-corrected chi connectivity index (χ2v) is 7.47. The van der Waals surface area contributed by atoms with Crippen molar-refractivity contribution in [2.24, 2.45) is 0 Å². The fraction of sp³-hybridized carbons (Fsp3) is 0.368. The second kappa shape index (κ2) is 6.49. The summed E-state index contributed by atoms with van der Waals surface area (Å²) in [6.45, 7) is 9.77. The molecule has 3 aromatic rings. The van der Waals surface area contributed by atoms with Crippen molar-refractivity contribution in [2.75, 3.05) is 37.6 Å². The first-order valence-corrected chi connectivity index (χ1v) is 9.37. The molecule has 5 heteroatoms. The van der Waals surface area contributed by atoms with Gasteiger partial charge < -0.3 is 9.80 Å². The number of rotatable bonds is 3. The molecule has 0 N–H and O–H groups in total. The summed E-state index contributed by atoms with van der Waals surface area (Å²) in [4.78, 5) is 17.1. The molecule has 0 amide bonds. The molecule has 24 heavy (non-hydrogen) atoms. The minimum Gasteiger partial charge on any atom is -0.353 e. The molecule has 2 aromatic heterocycles. The van der Waals surface area contributed by atoms with E-state index in [4.69, 9.17) is 9.97 Å². The number of benzene rings is 1. The maximum absolute atomic E-state index is 4.96. The van der Waals surface area contributed by atoms with Crippen molar-refractivity contribution in [3.63, 3.8) is 0 Å². The van der Waals surface area contributed by atoms with Gasteiger partial charge in [-0.3, -0.25) is 0 Å². The number of likely N-dealkylation sites (N-methyl/N-ethyl adjacent to an activating group) is 1. The van der Waals surface area contributed by atoms with E-state index in [0.29, 0.717) is 0 Å². The van der Waals surface area contributed by atoms with Gasteiger partial charge in [0.25, 0.3) is 0 Å². The van der Waals surface area contributed by atoms with E-state index >= 15 is 0 Å². The van der Waals surface area contributed by atoms with Crippen molar-refractivity contribution in [2.45, 2.75) is 13.8 Å². The number of piperazine rings is 1. The fourth-order valence-electron chi connectivity index (χ4n) is 3.26. The van der Waals surface area contributed by atoms with Gasteiger partial charge in [0.1, 0.15) is 10.6 Å². The van der Waals surface area contributed by atoms with E-state index in [1.165, 1.54) is 10.3 Å². The van der Waals surface area contributed by atoms with Crippen LogP contribution in [0.25, 0.3) is 21.6 Å². The van der Waals surface area contributed by atoms with Crippen LogP contribution in [0.3, 0.4) is 0 Å². The quantitative estimate of drug-likeness (QED) is 0.727. The lowest BCUT2D eigenvalue weighted by Crippen LogP contribution is -2.46. The van der Waals surface area contributed by atoms with Gasteiger partial charge in [0.05, 0.1) is 5.39 Å². The minimum atomic E-state index is 0.831. The molecule has 1 aliphatic rings. The van der Waals surface area contributed by atoms with Gasteiger partial charge in [0, 0.05) is 36.6 Å². The number of aryl methyl sites for hydroxylation is 1. The highest BCUT2D eigenvalue weighted by Crippen LogP contribution is 2.33. The molecule has 1 saturated heterocycles. The molecule has 0 spiro atoms. The summed E-state index contributed by atoms with van der Waals surface area (Å²) in [6, 6.07) is 12.5. The SMILES string of the molecule is CCN1CCN(c2nc(-c3ccccc3)nc3sc(C)cc23)CC1. The van der Waals surface area contributed by atoms with Crippen molar-refractivity contribution in [3.8, 4) is 11.4 Å². The van der Waals surface area contributed by atoms with Gasteiger partial charge in [-0.05, 0) is 19.5 Å². The van der Waals surface area contributed by atoms with Crippen molar-refractivity contribution >= 4 is 27.4 Å². The average molecular weight is 338 g/mol. The van der Waals surface area contributed by atoms with E-state index in [9.17, 15) is 0 Å². The van der Waals surface area contributed by atoms with Gasteiger partial charge in [-0.2, -0.15) is 0 Å². The highest BCUT2D eigenvalue weighted by Gasteiger charge is 2.21. The number of hydrogen-bond donors (Lipinski definition) is 0. The van der Waals surface area contributed by atoms with E-state index < -0.39 is 0 Å². The first-order chi connectivity index (χ1) is 11.7. The van der Waals surface area contributed by atoms with Crippen LogP contribution in [0.4, 0.5) is 5.82 Å². The van der Waals surface area contributed by atoms with E-state index in [-0.39, 0.29) is 0 Å². The van der Waals surface area contributed by atoms with Crippen molar-refractivity contribution < 1.29 is 0 Å².